The van der Waals surface area contributed by atoms with Crippen LogP contribution < -0.4 is 0 Å². The third-order valence-corrected chi connectivity index (χ3v) is 3.72. The van der Waals surface area contributed by atoms with Gasteiger partial charge in [-0.2, -0.15) is 16.3 Å². The highest BCUT2D eigenvalue weighted by molar-refractivity contribution is 7.08. The molecule has 0 fully saturated rings. The zero-order valence-corrected chi connectivity index (χ0v) is 11.1. The van der Waals surface area contributed by atoms with E-state index in [4.69, 9.17) is 4.52 Å². The minimum absolute atomic E-state index is 0.254. The largest absolute Gasteiger partial charge is 0.508 e. The van der Waals surface area contributed by atoms with Gasteiger partial charge in [-0.25, -0.2) is 0 Å². The molecule has 4 nitrogen and oxygen atoms in total. The molecule has 0 spiro atoms. The first kappa shape index (κ1) is 11.9. The summed E-state index contributed by atoms with van der Waals surface area (Å²) in [6, 6.07) is 6.98. The summed E-state index contributed by atoms with van der Waals surface area (Å²) < 4.78 is 5.26. The molecule has 0 atom stereocenters. The number of thiophene rings is 1. The molecule has 0 radical (unpaired) electrons. The lowest BCUT2D eigenvalue weighted by Crippen LogP contribution is -1.88. The maximum Gasteiger partial charge on any atom is 0.231 e. The minimum Gasteiger partial charge on any atom is -0.508 e. The van der Waals surface area contributed by atoms with Crippen LogP contribution in [0.3, 0.4) is 0 Å². The van der Waals surface area contributed by atoms with Crippen molar-refractivity contribution in [2.24, 2.45) is 0 Å². The number of aryl methyl sites for hydroxylation is 1. The van der Waals surface area contributed by atoms with Crippen LogP contribution in [0.15, 0.2) is 39.5 Å². The minimum atomic E-state index is 0.254. The molecule has 0 unspecified atom stereocenters. The highest BCUT2D eigenvalue weighted by Gasteiger charge is 2.11. The summed E-state index contributed by atoms with van der Waals surface area (Å²) in [6.07, 6.45) is 0.566. The van der Waals surface area contributed by atoms with Crippen molar-refractivity contribution >= 4 is 11.3 Å². The van der Waals surface area contributed by atoms with Gasteiger partial charge in [-0.1, -0.05) is 17.3 Å². The predicted molar refractivity (Wildman–Crippen MR) is 73.3 cm³/mol. The fraction of sp³-hybridized carbons (Fsp3) is 0.143. The molecular weight excluding hydrogens is 260 g/mol. The lowest BCUT2D eigenvalue weighted by atomic mass is 10.1. The van der Waals surface area contributed by atoms with E-state index in [9.17, 15) is 5.11 Å². The van der Waals surface area contributed by atoms with Crippen LogP contribution in [-0.4, -0.2) is 15.2 Å². The van der Waals surface area contributed by atoms with Crippen LogP contribution in [0.25, 0.3) is 11.4 Å². The maximum absolute atomic E-state index is 9.23. The first-order chi connectivity index (χ1) is 9.22. The van der Waals surface area contributed by atoms with Gasteiger partial charge in [0.05, 0.1) is 6.42 Å². The van der Waals surface area contributed by atoms with E-state index in [0.29, 0.717) is 18.1 Å². The fourth-order valence-corrected chi connectivity index (χ4v) is 2.64. The molecule has 19 heavy (non-hydrogen) atoms. The molecule has 0 aliphatic heterocycles. The molecule has 2 aromatic heterocycles. The molecule has 96 valence electrons. The Bertz CT molecular complexity index is 686. The van der Waals surface area contributed by atoms with Crippen LogP contribution in [0, 0.1) is 6.92 Å². The van der Waals surface area contributed by atoms with Crippen molar-refractivity contribution in [1.29, 1.82) is 0 Å². The van der Waals surface area contributed by atoms with Gasteiger partial charge in [-0.15, -0.1) is 0 Å². The van der Waals surface area contributed by atoms with Crippen molar-refractivity contribution in [1.82, 2.24) is 10.1 Å². The molecule has 0 aliphatic rings. The molecule has 3 aromatic rings. The number of aromatic nitrogens is 2. The van der Waals surface area contributed by atoms with Crippen LogP contribution in [0.5, 0.6) is 5.75 Å². The van der Waals surface area contributed by atoms with Gasteiger partial charge >= 0.3 is 0 Å². The van der Waals surface area contributed by atoms with Gasteiger partial charge in [0, 0.05) is 10.9 Å². The second kappa shape index (κ2) is 4.85. The van der Waals surface area contributed by atoms with Crippen molar-refractivity contribution in [2.75, 3.05) is 0 Å². The monoisotopic (exact) mass is 272 g/mol. The Kier molecular flexibility index (Phi) is 3.05. The third kappa shape index (κ3) is 2.51. The predicted octanol–water partition coefficient (Wildman–Crippen LogP) is 3.40. The van der Waals surface area contributed by atoms with Gasteiger partial charge < -0.3 is 9.63 Å². The lowest BCUT2D eigenvalue weighted by molar-refractivity contribution is 0.385. The number of benzene rings is 1. The van der Waals surface area contributed by atoms with Gasteiger partial charge in [-0.3, -0.25) is 0 Å². The summed E-state index contributed by atoms with van der Waals surface area (Å²) in [6.45, 7) is 2.03. The average Bonchev–Trinajstić information content (AvgIpc) is 3.01. The number of nitrogens with zero attached hydrogens (tertiary/aromatic N) is 2. The fourth-order valence-electron chi connectivity index (χ4n) is 1.81. The highest BCUT2D eigenvalue weighted by Crippen LogP contribution is 2.24. The Balaban J connectivity index is 1.82. The standard InChI is InChI=1S/C14H12N2O2S/c1-9-7-19-8-12(9)14-15-13(18-16-14)6-10-2-4-11(17)5-3-10/h2-5,7-8,17H,6H2,1H3. The quantitative estimate of drug-likeness (QED) is 0.793. The molecule has 0 aliphatic carbocycles. The van der Waals surface area contributed by atoms with E-state index >= 15 is 0 Å². The van der Waals surface area contributed by atoms with Crippen molar-refractivity contribution in [3.05, 3.63) is 52.0 Å². The van der Waals surface area contributed by atoms with Crippen LogP contribution >= 0.6 is 11.3 Å². The average molecular weight is 272 g/mol. The number of hydrogen-bond donors (Lipinski definition) is 1. The van der Waals surface area contributed by atoms with E-state index in [0.717, 1.165) is 16.7 Å². The molecule has 1 N–H and O–H groups in total. The lowest BCUT2D eigenvalue weighted by Gasteiger charge is -1.96. The maximum atomic E-state index is 9.23. The van der Waals surface area contributed by atoms with Crippen LogP contribution in [-0.2, 0) is 6.42 Å². The van der Waals surface area contributed by atoms with E-state index in [1.54, 1.807) is 23.5 Å². The number of hydrogen-bond acceptors (Lipinski definition) is 5. The Morgan fingerprint density at radius 1 is 1.21 bits per heavy atom. The van der Waals surface area contributed by atoms with Crippen LogP contribution in [0.4, 0.5) is 0 Å². The van der Waals surface area contributed by atoms with E-state index in [1.807, 2.05) is 24.4 Å². The van der Waals surface area contributed by atoms with Gasteiger partial charge in [0.25, 0.3) is 0 Å². The Morgan fingerprint density at radius 3 is 2.68 bits per heavy atom. The topological polar surface area (TPSA) is 59.2 Å². The summed E-state index contributed by atoms with van der Waals surface area (Å²) in [5.41, 5.74) is 3.20. The second-order valence-electron chi connectivity index (χ2n) is 4.32. The van der Waals surface area contributed by atoms with E-state index in [2.05, 4.69) is 15.5 Å². The smallest absolute Gasteiger partial charge is 0.231 e. The summed E-state index contributed by atoms with van der Waals surface area (Å²) >= 11 is 1.63. The SMILES string of the molecule is Cc1cscc1-c1noc(Cc2ccc(O)cc2)n1. The molecule has 1 aromatic carbocycles. The number of rotatable bonds is 3. The molecule has 3 rings (SSSR count). The first-order valence-corrected chi connectivity index (χ1v) is 6.80. The molecule has 0 saturated heterocycles. The van der Waals surface area contributed by atoms with E-state index < -0.39 is 0 Å². The molecule has 2 heterocycles. The molecule has 5 heteroatoms. The highest BCUT2D eigenvalue weighted by atomic mass is 32.1. The van der Waals surface area contributed by atoms with Crippen molar-refractivity contribution in [3.63, 3.8) is 0 Å². The summed E-state index contributed by atoms with van der Waals surface area (Å²) in [5, 5.41) is 17.3. The molecular formula is C14H12N2O2S. The van der Waals surface area contributed by atoms with Gasteiger partial charge in [0.15, 0.2) is 0 Å². The van der Waals surface area contributed by atoms with E-state index in [1.165, 1.54) is 0 Å². The summed E-state index contributed by atoms with van der Waals surface area (Å²) in [4.78, 5) is 4.40. The van der Waals surface area contributed by atoms with Crippen molar-refractivity contribution in [3.8, 4) is 17.1 Å². The third-order valence-electron chi connectivity index (χ3n) is 2.86. The van der Waals surface area contributed by atoms with Crippen molar-refractivity contribution in [2.45, 2.75) is 13.3 Å². The normalized spacial score (nSPS) is 10.8. The van der Waals surface area contributed by atoms with Gasteiger partial charge in [0.1, 0.15) is 5.75 Å². The Labute approximate surface area is 114 Å². The van der Waals surface area contributed by atoms with E-state index in [-0.39, 0.29) is 5.75 Å². The zero-order chi connectivity index (χ0) is 13.2. The zero-order valence-electron chi connectivity index (χ0n) is 10.3. The van der Waals surface area contributed by atoms with Gasteiger partial charge in [-0.05, 0) is 35.6 Å². The van der Waals surface area contributed by atoms with Gasteiger partial charge in [0.2, 0.25) is 11.7 Å². The molecule has 0 amide bonds. The van der Waals surface area contributed by atoms with Crippen molar-refractivity contribution < 1.29 is 9.63 Å². The molecule has 0 saturated carbocycles. The Morgan fingerprint density at radius 2 is 2.00 bits per heavy atom. The van der Waals surface area contributed by atoms with Crippen LogP contribution in [0.1, 0.15) is 17.0 Å². The summed E-state index contributed by atoms with van der Waals surface area (Å²) in [7, 11) is 0. The number of phenols is 1. The molecule has 0 bridgehead atoms. The first-order valence-electron chi connectivity index (χ1n) is 5.86. The Hall–Kier alpha value is -2.14. The second-order valence-corrected chi connectivity index (χ2v) is 5.07. The number of aromatic hydroxyl groups is 1. The van der Waals surface area contributed by atoms with Crippen LogP contribution in [0.2, 0.25) is 0 Å². The summed E-state index contributed by atoms with van der Waals surface area (Å²) in [5.74, 6) is 1.46. The number of phenolic OH excluding ortho intramolecular Hbond substituents is 1.